The maximum Gasteiger partial charge on any atom is 0.267 e. The Morgan fingerprint density at radius 2 is 1.83 bits per heavy atom. The third kappa shape index (κ3) is 3.68. The van der Waals surface area contributed by atoms with Crippen LogP contribution in [0.1, 0.15) is 15.4 Å². The van der Waals surface area contributed by atoms with Gasteiger partial charge in [-0.3, -0.25) is 4.79 Å². The summed E-state index contributed by atoms with van der Waals surface area (Å²) in [6.45, 7) is 6.08. The second-order valence-electron chi connectivity index (χ2n) is 5.97. The van der Waals surface area contributed by atoms with Crippen LogP contribution in [0.5, 0.6) is 0 Å². The van der Waals surface area contributed by atoms with E-state index in [-0.39, 0.29) is 5.91 Å². The molecule has 6 nitrogen and oxygen atoms in total. The predicted octanol–water partition coefficient (Wildman–Crippen LogP) is 2.50. The highest BCUT2D eigenvalue weighted by molar-refractivity contribution is 7.17. The van der Waals surface area contributed by atoms with Crippen molar-refractivity contribution in [2.24, 2.45) is 0 Å². The van der Waals surface area contributed by atoms with Crippen LogP contribution in [0, 0.1) is 6.92 Å². The zero-order chi connectivity index (χ0) is 17.1. The zero-order valence-electron chi connectivity index (χ0n) is 14.3. The molecule has 0 bridgehead atoms. The molecule has 2 heterocycles. The normalized spacial score (nSPS) is 15.4. The lowest BCUT2D eigenvalue weighted by Crippen LogP contribution is -2.44. The predicted molar refractivity (Wildman–Crippen MR) is 101 cm³/mol. The molecule has 3 rings (SSSR count). The molecular formula is C17H23N5OS. The highest BCUT2D eigenvalue weighted by Crippen LogP contribution is 2.24. The molecule has 0 aliphatic carbocycles. The molecule has 0 saturated carbocycles. The maximum absolute atomic E-state index is 12.4. The number of aromatic nitrogens is 1. The Hall–Kier alpha value is -2.12. The van der Waals surface area contributed by atoms with Crippen molar-refractivity contribution in [3.8, 4) is 0 Å². The van der Waals surface area contributed by atoms with Crippen molar-refractivity contribution in [1.29, 1.82) is 0 Å². The molecule has 7 heteroatoms. The van der Waals surface area contributed by atoms with Crippen molar-refractivity contribution in [3.05, 3.63) is 34.8 Å². The van der Waals surface area contributed by atoms with Crippen molar-refractivity contribution in [2.45, 2.75) is 6.92 Å². The fourth-order valence-corrected chi connectivity index (χ4v) is 3.54. The van der Waals surface area contributed by atoms with Gasteiger partial charge in [0.15, 0.2) is 5.13 Å². The van der Waals surface area contributed by atoms with E-state index >= 15 is 0 Å². The standard InChI is InChI=1S/C17H23N5OS/c1-12-15(24-17(18-2)19-12)16(23)20-13-4-6-14(7-5-13)22-10-8-21(3)9-11-22/h4-7H,8-11H2,1-3H3,(H,18,19)(H,20,23). The first-order valence-corrected chi connectivity index (χ1v) is 8.88. The molecule has 0 radical (unpaired) electrons. The second kappa shape index (κ2) is 7.19. The smallest absolute Gasteiger partial charge is 0.267 e. The molecule has 0 spiro atoms. The van der Waals surface area contributed by atoms with Gasteiger partial charge in [0, 0.05) is 44.6 Å². The van der Waals surface area contributed by atoms with Crippen LogP contribution < -0.4 is 15.5 Å². The summed E-state index contributed by atoms with van der Waals surface area (Å²) in [6.07, 6.45) is 0. The third-order valence-electron chi connectivity index (χ3n) is 4.21. The summed E-state index contributed by atoms with van der Waals surface area (Å²) in [5.41, 5.74) is 2.75. The van der Waals surface area contributed by atoms with Crippen LogP contribution in [0.15, 0.2) is 24.3 Å². The van der Waals surface area contributed by atoms with Crippen molar-refractivity contribution < 1.29 is 4.79 Å². The fourth-order valence-electron chi connectivity index (χ4n) is 2.72. The molecular weight excluding hydrogens is 322 g/mol. The van der Waals surface area contributed by atoms with Gasteiger partial charge in [-0.05, 0) is 38.2 Å². The van der Waals surface area contributed by atoms with E-state index in [0.717, 1.165) is 42.7 Å². The summed E-state index contributed by atoms with van der Waals surface area (Å²) >= 11 is 1.37. The molecule has 0 unspecified atom stereocenters. The van der Waals surface area contributed by atoms with Gasteiger partial charge in [-0.25, -0.2) is 4.98 Å². The number of thiazole rings is 1. The van der Waals surface area contributed by atoms with Gasteiger partial charge in [-0.15, -0.1) is 0 Å². The molecule has 1 aliphatic rings. The minimum atomic E-state index is -0.112. The van der Waals surface area contributed by atoms with Crippen molar-refractivity contribution in [2.75, 3.05) is 55.8 Å². The number of hydrogen-bond acceptors (Lipinski definition) is 6. The number of nitrogens with one attached hydrogen (secondary N) is 2. The molecule has 1 saturated heterocycles. The average molecular weight is 345 g/mol. The van der Waals surface area contributed by atoms with Gasteiger partial charge in [0.1, 0.15) is 4.88 Å². The average Bonchev–Trinajstić information content (AvgIpc) is 2.97. The topological polar surface area (TPSA) is 60.5 Å². The number of amides is 1. The first-order chi connectivity index (χ1) is 11.6. The molecule has 1 amide bonds. The summed E-state index contributed by atoms with van der Waals surface area (Å²) in [6, 6.07) is 8.06. The highest BCUT2D eigenvalue weighted by atomic mass is 32.1. The number of hydrogen-bond donors (Lipinski definition) is 2. The number of benzene rings is 1. The molecule has 1 aromatic heterocycles. The van der Waals surface area contributed by atoms with E-state index < -0.39 is 0 Å². The van der Waals surface area contributed by atoms with Gasteiger partial charge in [0.2, 0.25) is 0 Å². The van der Waals surface area contributed by atoms with Crippen LogP contribution >= 0.6 is 11.3 Å². The number of carbonyl (C=O) groups is 1. The molecule has 1 aromatic carbocycles. The molecule has 2 N–H and O–H groups in total. The highest BCUT2D eigenvalue weighted by Gasteiger charge is 2.16. The summed E-state index contributed by atoms with van der Waals surface area (Å²) in [5.74, 6) is -0.112. The SMILES string of the molecule is CNc1nc(C)c(C(=O)Nc2ccc(N3CCN(C)CC3)cc2)s1. The fraction of sp³-hybridized carbons (Fsp3) is 0.412. The Labute approximate surface area is 146 Å². The number of likely N-dealkylation sites (N-methyl/N-ethyl adjacent to an activating group) is 1. The summed E-state index contributed by atoms with van der Waals surface area (Å²) < 4.78 is 0. The number of rotatable bonds is 4. The largest absolute Gasteiger partial charge is 0.369 e. The lowest BCUT2D eigenvalue weighted by molar-refractivity contribution is 0.103. The van der Waals surface area contributed by atoms with E-state index in [1.807, 2.05) is 19.1 Å². The molecule has 2 aromatic rings. The minimum Gasteiger partial charge on any atom is -0.369 e. The van der Waals surface area contributed by atoms with E-state index in [1.165, 1.54) is 17.0 Å². The van der Waals surface area contributed by atoms with Gasteiger partial charge in [-0.2, -0.15) is 0 Å². The van der Waals surface area contributed by atoms with Gasteiger partial charge < -0.3 is 20.4 Å². The van der Waals surface area contributed by atoms with E-state index in [0.29, 0.717) is 4.88 Å². The van der Waals surface area contributed by atoms with E-state index in [9.17, 15) is 4.79 Å². The first-order valence-electron chi connectivity index (χ1n) is 8.07. The van der Waals surface area contributed by atoms with E-state index in [1.54, 1.807) is 7.05 Å². The molecule has 0 atom stereocenters. The first kappa shape index (κ1) is 16.7. The van der Waals surface area contributed by atoms with Gasteiger partial charge in [0.25, 0.3) is 5.91 Å². The Bertz CT molecular complexity index is 704. The van der Waals surface area contributed by atoms with Gasteiger partial charge >= 0.3 is 0 Å². The van der Waals surface area contributed by atoms with Crippen LogP contribution in [0.4, 0.5) is 16.5 Å². The number of carbonyl (C=O) groups excluding carboxylic acids is 1. The van der Waals surface area contributed by atoms with Crippen molar-refractivity contribution >= 4 is 33.8 Å². The summed E-state index contributed by atoms with van der Waals surface area (Å²) in [4.78, 5) is 22.1. The van der Waals surface area contributed by atoms with Crippen molar-refractivity contribution in [3.63, 3.8) is 0 Å². The summed E-state index contributed by atoms with van der Waals surface area (Å²) in [7, 11) is 3.95. The van der Waals surface area contributed by atoms with Crippen LogP contribution in [0.3, 0.4) is 0 Å². The quantitative estimate of drug-likeness (QED) is 0.892. The van der Waals surface area contributed by atoms with E-state index in [2.05, 4.69) is 44.6 Å². The maximum atomic E-state index is 12.4. The molecule has 1 fully saturated rings. The molecule has 128 valence electrons. The lowest BCUT2D eigenvalue weighted by Gasteiger charge is -2.34. The Morgan fingerprint density at radius 3 is 2.42 bits per heavy atom. The number of aryl methyl sites for hydroxylation is 1. The number of anilines is 3. The Morgan fingerprint density at radius 1 is 1.17 bits per heavy atom. The molecule has 24 heavy (non-hydrogen) atoms. The molecule has 1 aliphatic heterocycles. The zero-order valence-corrected chi connectivity index (χ0v) is 15.1. The lowest BCUT2D eigenvalue weighted by atomic mass is 10.2. The van der Waals surface area contributed by atoms with Crippen LogP contribution in [0.25, 0.3) is 0 Å². The Balaban J connectivity index is 1.65. The van der Waals surface area contributed by atoms with Crippen molar-refractivity contribution in [1.82, 2.24) is 9.88 Å². The van der Waals surface area contributed by atoms with Crippen LogP contribution in [-0.2, 0) is 0 Å². The number of nitrogens with zero attached hydrogens (tertiary/aromatic N) is 3. The van der Waals surface area contributed by atoms with Gasteiger partial charge in [-0.1, -0.05) is 11.3 Å². The second-order valence-corrected chi connectivity index (χ2v) is 6.97. The van der Waals surface area contributed by atoms with E-state index in [4.69, 9.17) is 0 Å². The third-order valence-corrected chi connectivity index (χ3v) is 5.38. The van der Waals surface area contributed by atoms with Crippen LogP contribution in [0.2, 0.25) is 0 Å². The minimum absolute atomic E-state index is 0.112. The summed E-state index contributed by atoms with van der Waals surface area (Å²) in [5, 5.41) is 6.68. The monoisotopic (exact) mass is 345 g/mol. The van der Waals surface area contributed by atoms with Gasteiger partial charge in [0.05, 0.1) is 5.69 Å². The van der Waals surface area contributed by atoms with Crippen LogP contribution in [-0.4, -0.2) is 56.1 Å². The number of piperazine rings is 1. The Kier molecular flexibility index (Phi) is 5.01.